The van der Waals surface area contributed by atoms with Crippen LogP contribution in [0, 0.1) is 62.6 Å². The second-order valence-corrected chi connectivity index (χ2v) is 13.4. The standard InChI is InChI=1S/C30H39NO4.H2O/c1-17-19-7-9-28(4)20-8-10-30(26(34)35-6)12-11-27(2,3)15-21(30)24(20)22(32)13-23(28)29(19,5)14-18(16-31)25(17)33;/h13-14,17,19-21,24H,7-12,15H2,1-6H3;1H2. The molecular formula is C30H41NO5. The Hall–Kier alpha value is -2.26. The number of rotatable bonds is 1. The van der Waals surface area contributed by atoms with Gasteiger partial charge in [0, 0.05) is 17.3 Å². The van der Waals surface area contributed by atoms with E-state index in [2.05, 4.69) is 33.8 Å². The predicted molar refractivity (Wildman–Crippen MR) is 135 cm³/mol. The number of carbonyl (C=O) groups is 3. The number of allylic oxidation sites excluding steroid dienone is 4. The fourth-order valence-corrected chi connectivity index (χ4v) is 9.45. The maximum Gasteiger partial charge on any atom is 0.312 e. The highest BCUT2D eigenvalue weighted by Crippen LogP contribution is 2.69. The van der Waals surface area contributed by atoms with Crippen molar-refractivity contribution in [2.75, 3.05) is 7.11 Å². The first-order valence-corrected chi connectivity index (χ1v) is 13.4. The van der Waals surface area contributed by atoms with Crippen LogP contribution in [-0.4, -0.2) is 30.1 Å². The molecule has 6 heteroatoms. The number of methoxy groups -OCH3 is 1. The number of hydrogen-bond acceptors (Lipinski definition) is 5. The molecular weight excluding hydrogens is 454 g/mol. The van der Waals surface area contributed by atoms with E-state index in [1.165, 1.54) is 7.11 Å². The zero-order valence-corrected chi connectivity index (χ0v) is 22.6. The van der Waals surface area contributed by atoms with Crippen molar-refractivity contribution in [3.05, 3.63) is 23.3 Å². The maximum atomic E-state index is 14.1. The van der Waals surface area contributed by atoms with E-state index in [9.17, 15) is 19.6 Å². The number of nitrogens with zero attached hydrogens (tertiary/aromatic N) is 1. The molecule has 5 aliphatic rings. The lowest BCUT2D eigenvalue weighted by Crippen LogP contribution is -2.61. The van der Waals surface area contributed by atoms with Crippen LogP contribution in [0.2, 0.25) is 0 Å². The zero-order chi connectivity index (χ0) is 25.6. The van der Waals surface area contributed by atoms with Gasteiger partial charge in [0.15, 0.2) is 11.6 Å². The summed E-state index contributed by atoms with van der Waals surface area (Å²) in [5.74, 6) is -0.226. The van der Waals surface area contributed by atoms with Crippen molar-refractivity contribution in [1.82, 2.24) is 0 Å². The predicted octanol–water partition coefficient (Wildman–Crippen LogP) is 4.77. The number of nitriles is 1. The largest absolute Gasteiger partial charge is 0.469 e. The Labute approximate surface area is 214 Å². The summed E-state index contributed by atoms with van der Waals surface area (Å²) in [7, 11) is 1.48. The first-order chi connectivity index (χ1) is 16.3. The van der Waals surface area contributed by atoms with Gasteiger partial charge in [-0.15, -0.1) is 0 Å². The Bertz CT molecular complexity index is 1110. The van der Waals surface area contributed by atoms with Gasteiger partial charge in [-0.25, -0.2) is 0 Å². The van der Waals surface area contributed by atoms with Crippen LogP contribution >= 0.6 is 0 Å². The Kier molecular flexibility index (Phi) is 6.24. The monoisotopic (exact) mass is 495 g/mol. The molecule has 0 aliphatic heterocycles. The minimum atomic E-state index is -0.566. The third-order valence-corrected chi connectivity index (χ3v) is 11.3. The van der Waals surface area contributed by atoms with E-state index in [-0.39, 0.29) is 69.0 Å². The van der Waals surface area contributed by atoms with E-state index >= 15 is 0 Å². The molecule has 8 atom stereocenters. The molecule has 8 unspecified atom stereocenters. The van der Waals surface area contributed by atoms with Crippen LogP contribution in [0.1, 0.15) is 79.6 Å². The molecule has 0 bridgehead atoms. The highest BCUT2D eigenvalue weighted by atomic mass is 16.5. The minimum Gasteiger partial charge on any atom is -0.469 e. The summed E-state index contributed by atoms with van der Waals surface area (Å²) >= 11 is 0. The minimum absolute atomic E-state index is 0. The molecule has 196 valence electrons. The van der Waals surface area contributed by atoms with Gasteiger partial charge in [0.05, 0.1) is 18.1 Å². The van der Waals surface area contributed by atoms with Crippen molar-refractivity contribution >= 4 is 17.5 Å². The summed E-state index contributed by atoms with van der Waals surface area (Å²) in [6.45, 7) is 10.9. The molecule has 0 heterocycles. The lowest BCUT2D eigenvalue weighted by atomic mass is 9.39. The number of esters is 1. The fraction of sp³-hybridized carbons (Fsp3) is 0.733. The second-order valence-electron chi connectivity index (χ2n) is 13.4. The van der Waals surface area contributed by atoms with Gasteiger partial charge in [0.1, 0.15) is 6.07 Å². The van der Waals surface area contributed by atoms with Crippen molar-refractivity contribution in [1.29, 1.82) is 5.26 Å². The molecule has 3 saturated carbocycles. The number of ketones is 2. The lowest BCUT2D eigenvalue weighted by Gasteiger charge is -2.63. The van der Waals surface area contributed by atoms with Crippen LogP contribution < -0.4 is 0 Å². The molecule has 0 saturated heterocycles. The molecule has 0 spiro atoms. The van der Waals surface area contributed by atoms with Crippen LogP contribution in [0.15, 0.2) is 23.3 Å². The third-order valence-electron chi connectivity index (χ3n) is 11.3. The second kappa shape index (κ2) is 8.38. The molecule has 3 fully saturated rings. The highest BCUT2D eigenvalue weighted by molar-refractivity contribution is 6.02. The number of ether oxygens (including phenoxy) is 1. The van der Waals surface area contributed by atoms with E-state index in [1.54, 1.807) is 0 Å². The number of Topliss-reactive ketones (excluding diaryl/α,β-unsaturated/α-hetero) is 1. The summed E-state index contributed by atoms with van der Waals surface area (Å²) in [5.41, 5.74) is 0.199. The zero-order valence-electron chi connectivity index (χ0n) is 22.6. The summed E-state index contributed by atoms with van der Waals surface area (Å²) in [4.78, 5) is 40.1. The van der Waals surface area contributed by atoms with Crippen LogP contribution in [0.5, 0.6) is 0 Å². The van der Waals surface area contributed by atoms with Gasteiger partial charge in [-0.05, 0) is 79.6 Å². The Morgan fingerprint density at radius 2 is 1.69 bits per heavy atom. The maximum absolute atomic E-state index is 14.1. The van der Waals surface area contributed by atoms with Crippen LogP contribution in [0.25, 0.3) is 0 Å². The third kappa shape index (κ3) is 3.34. The Balaban J connectivity index is 0.00000304. The highest BCUT2D eigenvalue weighted by Gasteiger charge is 2.66. The van der Waals surface area contributed by atoms with Gasteiger partial charge in [-0.1, -0.05) is 46.3 Å². The fourth-order valence-electron chi connectivity index (χ4n) is 9.45. The van der Waals surface area contributed by atoms with Crippen molar-refractivity contribution in [2.45, 2.75) is 79.6 Å². The average molecular weight is 496 g/mol. The van der Waals surface area contributed by atoms with E-state index in [0.29, 0.717) is 0 Å². The van der Waals surface area contributed by atoms with E-state index < -0.39 is 10.8 Å². The van der Waals surface area contributed by atoms with Crippen LogP contribution in [-0.2, 0) is 19.1 Å². The number of carbonyl (C=O) groups excluding carboxylic acids is 3. The number of hydrogen-bond donors (Lipinski definition) is 0. The first kappa shape index (κ1) is 26.8. The molecule has 36 heavy (non-hydrogen) atoms. The summed E-state index contributed by atoms with van der Waals surface area (Å²) < 4.78 is 5.36. The van der Waals surface area contributed by atoms with Gasteiger partial charge in [-0.2, -0.15) is 5.26 Å². The van der Waals surface area contributed by atoms with Crippen LogP contribution in [0.4, 0.5) is 0 Å². The van der Waals surface area contributed by atoms with E-state index in [0.717, 1.165) is 50.5 Å². The van der Waals surface area contributed by atoms with Gasteiger partial charge in [0.25, 0.3) is 0 Å². The smallest absolute Gasteiger partial charge is 0.312 e. The molecule has 0 amide bonds. The summed E-state index contributed by atoms with van der Waals surface area (Å²) in [6, 6.07) is 2.14. The van der Waals surface area contributed by atoms with Crippen LogP contribution in [0.3, 0.4) is 0 Å². The van der Waals surface area contributed by atoms with Crippen molar-refractivity contribution in [3.8, 4) is 6.07 Å². The average Bonchev–Trinajstić information content (AvgIpc) is 2.81. The summed E-state index contributed by atoms with van der Waals surface area (Å²) in [6.07, 6.45) is 9.82. The lowest BCUT2D eigenvalue weighted by molar-refractivity contribution is -0.177. The van der Waals surface area contributed by atoms with E-state index in [1.807, 2.05) is 19.1 Å². The first-order valence-electron chi connectivity index (χ1n) is 13.4. The molecule has 2 N–H and O–H groups in total. The molecule has 0 aromatic heterocycles. The van der Waals surface area contributed by atoms with Gasteiger partial charge in [0.2, 0.25) is 0 Å². The SMILES string of the molecule is COC(=O)C12CCC3C(C(=O)C=C4C5(C)C=C(C#N)C(=O)C(C)C5CCC43C)C1CC(C)(C)CC2.O. The molecule has 5 rings (SSSR count). The molecule has 5 aliphatic carbocycles. The quantitative estimate of drug-likeness (QED) is 0.486. The van der Waals surface area contributed by atoms with E-state index in [4.69, 9.17) is 4.74 Å². The van der Waals surface area contributed by atoms with Gasteiger partial charge >= 0.3 is 5.97 Å². The summed E-state index contributed by atoms with van der Waals surface area (Å²) in [5, 5.41) is 9.70. The van der Waals surface area contributed by atoms with Crippen molar-refractivity contribution in [3.63, 3.8) is 0 Å². The van der Waals surface area contributed by atoms with Crippen molar-refractivity contribution < 1.29 is 24.6 Å². The van der Waals surface area contributed by atoms with Crippen molar-refractivity contribution in [2.24, 2.45) is 51.2 Å². The molecule has 6 nitrogen and oxygen atoms in total. The topological polar surface area (TPSA) is 116 Å². The van der Waals surface area contributed by atoms with Gasteiger partial charge in [-0.3, -0.25) is 14.4 Å². The molecule has 0 aromatic rings. The van der Waals surface area contributed by atoms with Gasteiger partial charge < -0.3 is 10.2 Å². The molecule has 0 aromatic carbocycles. The normalized spacial score (nSPS) is 44.8. The Morgan fingerprint density at radius 3 is 2.33 bits per heavy atom. The Morgan fingerprint density at radius 1 is 1.03 bits per heavy atom. The molecule has 0 radical (unpaired) electrons. The number of fused-ring (bicyclic) bond motifs is 7.